The fraction of sp³-hybridized carbons (Fsp3) is 0.222. The predicted molar refractivity (Wildman–Crippen MR) is 53.9 cm³/mol. The van der Waals surface area contributed by atoms with Crippen LogP contribution in [-0.2, 0) is 4.79 Å². The number of hydrogen-bond donors (Lipinski definition) is 0. The van der Waals surface area contributed by atoms with Crippen molar-refractivity contribution in [2.75, 3.05) is 0 Å². The highest BCUT2D eigenvalue weighted by Gasteiger charge is 2.06. The largest absolute Gasteiger partial charge is 0.302 e. The van der Waals surface area contributed by atoms with Crippen molar-refractivity contribution in [3.63, 3.8) is 0 Å². The second-order valence-corrected chi connectivity index (χ2v) is 3.94. The third kappa shape index (κ3) is 2.08. The van der Waals surface area contributed by atoms with E-state index in [-0.39, 0.29) is 4.83 Å². The van der Waals surface area contributed by atoms with E-state index in [1.54, 1.807) is 6.07 Å². The number of carbonyl (C=O) groups excluding carboxylic acids is 1. The zero-order valence-electron chi connectivity index (χ0n) is 6.55. The summed E-state index contributed by atoms with van der Waals surface area (Å²) in [5.41, 5.74) is 1.92. The van der Waals surface area contributed by atoms with Gasteiger partial charge in [0.05, 0.1) is 4.83 Å². The van der Waals surface area contributed by atoms with Crippen LogP contribution in [0.2, 0.25) is 5.02 Å². The Morgan fingerprint density at radius 2 is 2.25 bits per heavy atom. The predicted octanol–water partition coefficient (Wildman–Crippen LogP) is 3.28. The summed E-state index contributed by atoms with van der Waals surface area (Å²) in [4.78, 5) is 10.2. The molecule has 0 amide bonds. The Morgan fingerprint density at radius 1 is 1.58 bits per heavy atom. The molecule has 0 aliphatic carbocycles. The molecule has 1 rings (SSSR count). The molecule has 1 aromatic rings. The number of alkyl halides is 1. The first-order valence-corrected chi connectivity index (χ1v) is 4.80. The van der Waals surface area contributed by atoms with Crippen LogP contribution in [0.1, 0.15) is 16.0 Å². The molecular formula is C9H8BrClO. The first-order chi connectivity index (χ1) is 5.65. The second-order valence-electron chi connectivity index (χ2n) is 2.55. The molecule has 64 valence electrons. The molecule has 0 bridgehead atoms. The van der Waals surface area contributed by atoms with Gasteiger partial charge in [0.1, 0.15) is 6.29 Å². The lowest BCUT2D eigenvalue weighted by molar-refractivity contribution is -0.107. The van der Waals surface area contributed by atoms with Crippen LogP contribution in [0.3, 0.4) is 0 Å². The van der Waals surface area contributed by atoms with Crippen molar-refractivity contribution >= 4 is 33.8 Å². The lowest BCUT2D eigenvalue weighted by Gasteiger charge is -2.04. The van der Waals surface area contributed by atoms with Crippen LogP contribution in [0.25, 0.3) is 0 Å². The Labute approximate surface area is 84.9 Å². The van der Waals surface area contributed by atoms with E-state index >= 15 is 0 Å². The molecule has 0 heterocycles. The summed E-state index contributed by atoms with van der Waals surface area (Å²) < 4.78 is 0. The fourth-order valence-electron chi connectivity index (χ4n) is 0.918. The minimum absolute atomic E-state index is 0.228. The highest BCUT2D eigenvalue weighted by molar-refractivity contribution is 9.09. The quantitative estimate of drug-likeness (QED) is 0.579. The summed E-state index contributed by atoms with van der Waals surface area (Å²) in [5, 5.41) is 0.726. The minimum Gasteiger partial charge on any atom is -0.302 e. The van der Waals surface area contributed by atoms with Crippen LogP contribution in [0.5, 0.6) is 0 Å². The first-order valence-electron chi connectivity index (χ1n) is 3.50. The van der Waals surface area contributed by atoms with Crippen molar-refractivity contribution in [3.8, 4) is 0 Å². The lowest BCUT2D eigenvalue weighted by atomic mass is 10.1. The molecule has 0 fully saturated rings. The average Bonchev–Trinajstić information content (AvgIpc) is 2.08. The van der Waals surface area contributed by atoms with Crippen molar-refractivity contribution in [1.82, 2.24) is 0 Å². The molecule has 0 aromatic heterocycles. The van der Waals surface area contributed by atoms with Crippen LogP contribution in [0.4, 0.5) is 0 Å². The zero-order chi connectivity index (χ0) is 9.14. The van der Waals surface area contributed by atoms with Crippen LogP contribution < -0.4 is 0 Å². The Balaban J connectivity index is 3.04. The van der Waals surface area contributed by atoms with Crippen molar-refractivity contribution in [1.29, 1.82) is 0 Å². The molecule has 0 N–H and O–H groups in total. The van der Waals surface area contributed by atoms with Gasteiger partial charge in [-0.05, 0) is 24.1 Å². The van der Waals surface area contributed by atoms with Gasteiger partial charge in [-0.15, -0.1) is 0 Å². The Bertz CT molecular complexity index is 299. The molecule has 12 heavy (non-hydrogen) atoms. The maximum atomic E-state index is 10.4. The molecule has 1 unspecified atom stereocenters. The molecule has 0 spiro atoms. The molecular weight excluding hydrogens is 239 g/mol. The summed E-state index contributed by atoms with van der Waals surface area (Å²) in [6.07, 6.45) is 0.850. The molecule has 0 aliphatic rings. The van der Waals surface area contributed by atoms with E-state index in [4.69, 9.17) is 11.6 Å². The summed E-state index contributed by atoms with van der Waals surface area (Å²) in [6, 6.07) is 5.53. The van der Waals surface area contributed by atoms with Gasteiger partial charge in [0, 0.05) is 5.02 Å². The van der Waals surface area contributed by atoms with E-state index in [1.807, 2.05) is 19.1 Å². The average molecular weight is 248 g/mol. The van der Waals surface area contributed by atoms with E-state index in [0.717, 1.165) is 22.4 Å². The number of hydrogen-bond acceptors (Lipinski definition) is 1. The highest BCUT2D eigenvalue weighted by Crippen LogP contribution is 2.24. The molecule has 0 saturated carbocycles. The Morgan fingerprint density at radius 3 is 2.75 bits per heavy atom. The van der Waals surface area contributed by atoms with Crippen LogP contribution >= 0.6 is 27.5 Å². The Hall–Kier alpha value is -0.340. The van der Waals surface area contributed by atoms with Crippen LogP contribution in [-0.4, -0.2) is 6.29 Å². The van der Waals surface area contributed by atoms with Crippen molar-refractivity contribution in [2.24, 2.45) is 0 Å². The lowest BCUT2D eigenvalue weighted by Crippen LogP contribution is -1.91. The molecule has 1 nitrogen and oxygen atoms in total. The van der Waals surface area contributed by atoms with E-state index in [9.17, 15) is 4.79 Å². The number of benzene rings is 1. The van der Waals surface area contributed by atoms with Gasteiger partial charge in [-0.2, -0.15) is 0 Å². The van der Waals surface area contributed by atoms with Gasteiger partial charge in [-0.1, -0.05) is 39.7 Å². The fourth-order valence-corrected chi connectivity index (χ4v) is 1.32. The van der Waals surface area contributed by atoms with E-state index in [2.05, 4.69) is 15.9 Å². The van der Waals surface area contributed by atoms with Crippen molar-refractivity contribution in [3.05, 3.63) is 34.3 Å². The van der Waals surface area contributed by atoms with Crippen molar-refractivity contribution in [2.45, 2.75) is 11.8 Å². The standard InChI is InChI=1S/C9H8BrClO/c1-6-4-7(8(10)5-12)2-3-9(6)11/h2-5,8H,1H3. The normalized spacial score (nSPS) is 12.6. The van der Waals surface area contributed by atoms with Gasteiger partial charge >= 0.3 is 0 Å². The summed E-state index contributed by atoms with van der Waals surface area (Å²) in [5.74, 6) is 0. The third-order valence-electron chi connectivity index (χ3n) is 1.62. The molecule has 0 saturated heterocycles. The summed E-state index contributed by atoms with van der Waals surface area (Å²) >= 11 is 9.06. The monoisotopic (exact) mass is 246 g/mol. The van der Waals surface area contributed by atoms with Crippen LogP contribution in [0, 0.1) is 6.92 Å². The van der Waals surface area contributed by atoms with Crippen molar-refractivity contribution < 1.29 is 4.79 Å². The topological polar surface area (TPSA) is 17.1 Å². The highest BCUT2D eigenvalue weighted by atomic mass is 79.9. The van der Waals surface area contributed by atoms with Gasteiger partial charge in [-0.3, -0.25) is 0 Å². The van der Waals surface area contributed by atoms with E-state index in [1.165, 1.54) is 0 Å². The SMILES string of the molecule is Cc1cc(C(Br)C=O)ccc1Cl. The minimum atomic E-state index is -0.228. The summed E-state index contributed by atoms with van der Waals surface area (Å²) in [6.45, 7) is 1.91. The Kier molecular flexibility index (Phi) is 3.29. The summed E-state index contributed by atoms with van der Waals surface area (Å²) in [7, 11) is 0. The first kappa shape index (κ1) is 9.75. The second kappa shape index (κ2) is 4.06. The molecule has 3 heteroatoms. The van der Waals surface area contributed by atoms with Gasteiger partial charge in [0.25, 0.3) is 0 Å². The number of halogens is 2. The van der Waals surface area contributed by atoms with E-state index in [0.29, 0.717) is 0 Å². The zero-order valence-corrected chi connectivity index (χ0v) is 8.89. The van der Waals surface area contributed by atoms with Crippen LogP contribution in [0.15, 0.2) is 18.2 Å². The van der Waals surface area contributed by atoms with Gasteiger partial charge < -0.3 is 4.79 Å². The number of aldehydes is 1. The van der Waals surface area contributed by atoms with E-state index < -0.39 is 0 Å². The van der Waals surface area contributed by atoms with Gasteiger partial charge in [-0.25, -0.2) is 0 Å². The maximum Gasteiger partial charge on any atom is 0.138 e. The third-order valence-corrected chi connectivity index (χ3v) is 2.79. The molecule has 1 atom stereocenters. The number of carbonyl (C=O) groups is 1. The smallest absolute Gasteiger partial charge is 0.138 e. The number of aryl methyl sites for hydroxylation is 1. The number of rotatable bonds is 2. The maximum absolute atomic E-state index is 10.4. The van der Waals surface area contributed by atoms with Gasteiger partial charge in [0.15, 0.2) is 0 Å². The molecule has 0 aliphatic heterocycles. The van der Waals surface area contributed by atoms with Gasteiger partial charge in [0.2, 0.25) is 0 Å². The molecule has 0 radical (unpaired) electrons. The molecule has 1 aromatic carbocycles.